The van der Waals surface area contributed by atoms with Gasteiger partial charge < -0.3 is 5.11 Å². The Morgan fingerprint density at radius 1 is 1.22 bits per heavy atom. The first-order valence-electron chi connectivity index (χ1n) is 9.25. The summed E-state index contributed by atoms with van der Waals surface area (Å²) in [4.78, 5) is 5.26. The van der Waals surface area contributed by atoms with Crippen molar-refractivity contribution in [2.75, 3.05) is 26.2 Å². The maximum absolute atomic E-state index is 9.50. The van der Waals surface area contributed by atoms with E-state index in [9.17, 15) is 5.11 Å². The lowest BCUT2D eigenvalue weighted by atomic mass is 9.91. The molecule has 0 amide bonds. The number of rotatable bonds is 5. The van der Waals surface area contributed by atoms with Crippen LogP contribution in [0.5, 0.6) is 0 Å². The normalized spacial score (nSPS) is 25.1. The summed E-state index contributed by atoms with van der Waals surface area (Å²) in [5.41, 5.74) is 2.60. The molecule has 130 valence electrons. The molecule has 0 radical (unpaired) electrons. The molecule has 1 aliphatic carbocycles. The number of nitrogens with zero attached hydrogens (tertiary/aromatic N) is 4. The van der Waals surface area contributed by atoms with Crippen molar-refractivity contribution in [2.45, 2.75) is 64.1 Å². The molecule has 0 bridgehead atoms. The maximum Gasteiger partial charge on any atom is 0.0537 e. The van der Waals surface area contributed by atoms with Crippen LogP contribution in [0.15, 0.2) is 6.20 Å². The van der Waals surface area contributed by atoms with Crippen LogP contribution in [-0.4, -0.2) is 63.0 Å². The van der Waals surface area contributed by atoms with Gasteiger partial charge in [0.25, 0.3) is 0 Å². The highest BCUT2D eigenvalue weighted by atomic mass is 16.3. The van der Waals surface area contributed by atoms with Gasteiger partial charge in [0.2, 0.25) is 0 Å². The van der Waals surface area contributed by atoms with Gasteiger partial charge in [-0.15, -0.1) is 0 Å². The first-order valence-corrected chi connectivity index (χ1v) is 9.25. The molecule has 1 saturated carbocycles. The molecule has 1 N–H and O–H groups in total. The molecular formula is C18H32N4O. The average Bonchev–Trinajstić information content (AvgIpc) is 2.88. The van der Waals surface area contributed by atoms with E-state index in [2.05, 4.69) is 21.8 Å². The van der Waals surface area contributed by atoms with Crippen LogP contribution in [-0.2, 0) is 13.6 Å². The van der Waals surface area contributed by atoms with E-state index in [1.807, 2.05) is 17.9 Å². The minimum absolute atomic E-state index is 0.299. The second-order valence-corrected chi connectivity index (χ2v) is 7.31. The van der Waals surface area contributed by atoms with Gasteiger partial charge in [-0.2, -0.15) is 5.10 Å². The fourth-order valence-corrected chi connectivity index (χ4v) is 4.32. The fourth-order valence-electron chi connectivity index (χ4n) is 4.32. The van der Waals surface area contributed by atoms with Crippen molar-refractivity contribution >= 4 is 0 Å². The van der Waals surface area contributed by atoms with Gasteiger partial charge in [0.05, 0.1) is 6.20 Å². The highest BCUT2D eigenvalue weighted by molar-refractivity contribution is 5.15. The summed E-state index contributed by atoms with van der Waals surface area (Å²) in [6.45, 7) is 6.78. The third-order valence-electron chi connectivity index (χ3n) is 5.85. The highest BCUT2D eigenvalue weighted by Gasteiger charge is 2.32. The summed E-state index contributed by atoms with van der Waals surface area (Å²) in [5, 5.41) is 13.9. The van der Waals surface area contributed by atoms with Gasteiger partial charge in [-0.25, -0.2) is 0 Å². The topological polar surface area (TPSA) is 44.5 Å². The molecule has 0 spiro atoms. The maximum atomic E-state index is 9.50. The van der Waals surface area contributed by atoms with Crippen molar-refractivity contribution in [3.63, 3.8) is 0 Å². The van der Waals surface area contributed by atoms with Gasteiger partial charge in [0, 0.05) is 63.2 Å². The summed E-state index contributed by atoms with van der Waals surface area (Å²) in [6, 6.07) is 1.26. The minimum atomic E-state index is 0.299. The highest BCUT2D eigenvalue weighted by Crippen LogP contribution is 2.27. The molecule has 1 saturated heterocycles. The van der Waals surface area contributed by atoms with Crippen LogP contribution < -0.4 is 0 Å². The molecule has 5 nitrogen and oxygen atoms in total. The lowest BCUT2D eigenvalue weighted by Crippen LogP contribution is -2.56. The van der Waals surface area contributed by atoms with E-state index < -0.39 is 0 Å². The Bertz CT molecular complexity index is 495. The summed E-state index contributed by atoms with van der Waals surface area (Å²) in [5.74, 6) is 0. The lowest BCUT2D eigenvalue weighted by Gasteiger charge is -2.46. The van der Waals surface area contributed by atoms with Crippen LogP contribution in [0.4, 0.5) is 0 Å². The molecule has 2 aliphatic rings. The summed E-state index contributed by atoms with van der Waals surface area (Å²) < 4.78 is 1.96. The van der Waals surface area contributed by atoms with E-state index in [0.717, 1.165) is 38.6 Å². The first-order chi connectivity index (χ1) is 11.2. The molecule has 2 heterocycles. The number of aliphatic hydroxyl groups excluding tert-OH is 1. The molecular weight excluding hydrogens is 288 g/mol. The molecule has 1 atom stereocenters. The summed E-state index contributed by atoms with van der Waals surface area (Å²) in [7, 11) is 2.01. The van der Waals surface area contributed by atoms with Crippen molar-refractivity contribution in [3.05, 3.63) is 17.5 Å². The lowest BCUT2D eigenvalue weighted by molar-refractivity contribution is 0.0136. The first kappa shape index (κ1) is 16.9. The number of aliphatic hydroxyl groups is 1. The van der Waals surface area contributed by atoms with Crippen LogP contribution in [0, 0.1) is 6.92 Å². The van der Waals surface area contributed by atoms with Gasteiger partial charge in [-0.3, -0.25) is 14.5 Å². The quantitative estimate of drug-likeness (QED) is 0.900. The summed E-state index contributed by atoms with van der Waals surface area (Å²) >= 11 is 0. The van der Waals surface area contributed by atoms with Crippen LogP contribution >= 0.6 is 0 Å². The van der Waals surface area contributed by atoms with Crippen molar-refractivity contribution in [1.82, 2.24) is 19.6 Å². The van der Waals surface area contributed by atoms with Gasteiger partial charge >= 0.3 is 0 Å². The second-order valence-electron chi connectivity index (χ2n) is 7.31. The van der Waals surface area contributed by atoms with Gasteiger partial charge in [-0.05, 0) is 26.2 Å². The molecule has 1 aromatic rings. The zero-order valence-electron chi connectivity index (χ0n) is 14.7. The summed E-state index contributed by atoms with van der Waals surface area (Å²) in [6.07, 6.45) is 9.77. The van der Waals surface area contributed by atoms with Gasteiger partial charge in [0.15, 0.2) is 0 Å². The van der Waals surface area contributed by atoms with Crippen molar-refractivity contribution < 1.29 is 5.11 Å². The monoisotopic (exact) mass is 320 g/mol. The standard InChI is InChI=1S/C18H32N4O/c1-15-16(12-19-20(15)2)13-21-9-10-22(18(14-21)8-11-23)17-6-4-3-5-7-17/h12,17-18,23H,3-11,13-14H2,1-2H3/t18-/m0/s1. The second kappa shape index (κ2) is 7.77. The Labute approximate surface area is 140 Å². The van der Waals surface area contributed by atoms with E-state index in [0.29, 0.717) is 12.6 Å². The third-order valence-corrected chi connectivity index (χ3v) is 5.85. The fraction of sp³-hybridized carbons (Fsp3) is 0.833. The van der Waals surface area contributed by atoms with E-state index >= 15 is 0 Å². The SMILES string of the molecule is Cc1c(CN2CCN(C3CCCCC3)[C@@H](CCO)C2)cnn1C. The van der Waals surface area contributed by atoms with Gasteiger partial charge in [-0.1, -0.05) is 19.3 Å². The number of hydrogen-bond acceptors (Lipinski definition) is 4. The van der Waals surface area contributed by atoms with Crippen molar-refractivity contribution in [2.24, 2.45) is 7.05 Å². The predicted molar refractivity (Wildman–Crippen MR) is 92.3 cm³/mol. The Kier molecular flexibility index (Phi) is 5.72. The minimum Gasteiger partial charge on any atom is -0.396 e. The molecule has 5 heteroatoms. The van der Waals surface area contributed by atoms with Crippen LogP contribution in [0.2, 0.25) is 0 Å². The third kappa shape index (κ3) is 3.95. The van der Waals surface area contributed by atoms with Crippen molar-refractivity contribution in [1.29, 1.82) is 0 Å². The van der Waals surface area contributed by atoms with E-state index in [1.165, 1.54) is 43.4 Å². The van der Waals surface area contributed by atoms with Crippen LogP contribution in [0.3, 0.4) is 0 Å². The molecule has 1 aliphatic heterocycles. The largest absolute Gasteiger partial charge is 0.396 e. The Morgan fingerprint density at radius 2 is 2.00 bits per heavy atom. The number of aryl methyl sites for hydroxylation is 1. The number of aromatic nitrogens is 2. The van der Waals surface area contributed by atoms with E-state index in [-0.39, 0.29) is 0 Å². The molecule has 0 unspecified atom stereocenters. The zero-order chi connectivity index (χ0) is 16.2. The van der Waals surface area contributed by atoms with E-state index in [1.54, 1.807) is 0 Å². The van der Waals surface area contributed by atoms with Crippen LogP contribution in [0.25, 0.3) is 0 Å². The van der Waals surface area contributed by atoms with Crippen molar-refractivity contribution in [3.8, 4) is 0 Å². The van der Waals surface area contributed by atoms with Gasteiger partial charge in [0.1, 0.15) is 0 Å². The Hall–Kier alpha value is -0.910. The Morgan fingerprint density at radius 3 is 2.65 bits per heavy atom. The van der Waals surface area contributed by atoms with Crippen LogP contribution in [0.1, 0.15) is 49.8 Å². The predicted octanol–water partition coefficient (Wildman–Crippen LogP) is 1.93. The zero-order valence-corrected chi connectivity index (χ0v) is 14.7. The Balaban J connectivity index is 1.62. The average molecular weight is 320 g/mol. The molecule has 2 fully saturated rings. The molecule has 1 aromatic heterocycles. The number of piperazine rings is 1. The number of hydrogen-bond donors (Lipinski definition) is 1. The molecule has 23 heavy (non-hydrogen) atoms. The van der Waals surface area contributed by atoms with E-state index in [4.69, 9.17) is 0 Å². The smallest absolute Gasteiger partial charge is 0.0537 e. The molecule has 3 rings (SSSR count). The molecule has 0 aromatic carbocycles.